The average molecular weight is 319 g/mol. The fourth-order valence-corrected chi connectivity index (χ4v) is 3.31. The molecule has 1 aliphatic rings. The maximum absolute atomic E-state index is 12.6. The van der Waals surface area contributed by atoms with Crippen molar-refractivity contribution in [3.63, 3.8) is 0 Å². The highest BCUT2D eigenvalue weighted by Gasteiger charge is 2.37. The first-order valence-corrected chi connectivity index (χ1v) is 7.71. The van der Waals surface area contributed by atoms with Crippen LogP contribution in [0.4, 0.5) is 13.2 Å². The van der Waals surface area contributed by atoms with Crippen molar-refractivity contribution in [2.45, 2.75) is 31.2 Å². The second kappa shape index (κ2) is 6.27. The predicted octanol–water partition coefficient (Wildman–Crippen LogP) is 2.58. The Morgan fingerprint density at radius 2 is 2.00 bits per heavy atom. The van der Waals surface area contributed by atoms with Gasteiger partial charge in [-0.3, -0.25) is 4.79 Å². The molecule has 0 aromatic heterocycles. The van der Waals surface area contributed by atoms with Gasteiger partial charge in [0.25, 0.3) is 5.91 Å². The van der Waals surface area contributed by atoms with E-state index in [0.717, 1.165) is 12.1 Å². The third-order valence-corrected chi connectivity index (χ3v) is 4.44. The number of rotatable bonds is 3. The van der Waals surface area contributed by atoms with Gasteiger partial charge in [-0.1, -0.05) is 12.1 Å². The number of hydrogen-bond donors (Lipinski definition) is 2. The van der Waals surface area contributed by atoms with E-state index < -0.39 is 23.2 Å². The summed E-state index contributed by atoms with van der Waals surface area (Å²) >= 11 is 1.67. The van der Waals surface area contributed by atoms with Gasteiger partial charge in [-0.25, -0.2) is 0 Å². The minimum absolute atomic E-state index is 0.0296. The molecule has 3 nitrogen and oxygen atoms in total. The van der Waals surface area contributed by atoms with Crippen molar-refractivity contribution >= 4 is 17.7 Å². The average Bonchev–Trinajstić information content (AvgIpc) is 2.45. The highest BCUT2D eigenvalue weighted by molar-refractivity contribution is 7.99. The summed E-state index contributed by atoms with van der Waals surface area (Å²) in [6, 6.07) is 4.80. The molecule has 0 atom stereocenters. The van der Waals surface area contributed by atoms with Crippen LogP contribution in [0.25, 0.3) is 0 Å². The summed E-state index contributed by atoms with van der Waals surface area (Å²) in [7, 11) is 0. The van der Waals surface area contributed by atoms with E-state index >= 15 is 0 Å². The largest absolute Gasteiger partial charge is 0.416 e. The van der Waals surface area contributed by atoms with Crippen LogP contribution in [0, 0.1) is 0 Å². The van der Waals surface area contributed by atoms with Crippen molar-refractivity contribution in [3.05, 3.63) is 35.4 Å². The van der Waals surface area contributed by atoms with E-state index in [1.807, 2.05) is 0 Å². The number of benzene rings is 1. The van der Waals surface area contributed by atoms with Crippen molar-refractivity contribution in [3.8, 4) is 0 Å². The van der Waals surface area contributed by atoms with Crippen LogP contribution in [0.5, 0.6) is 0 Å². The number of nitrogens with one attached hydrogen (secondary N) is 1. The first kappa shape index (κ1) is 16.2. The lowest BCUT2D eigenvalue weighted by atomic mass is 9.95. The Bertz CT molecular complexity index is 513. The molecule has 1 aromatic carbocycles. The van der Waals surface area contributed by atoms with Gasteiger partial charge in [0.05, 0.1) is 5.56 Å². The first-order valence-electron chi connectivity index (χ1n) is 6.56. The van der Waals surface area contributed by atoms with Crippen LogP contribution < -0.4 is 5.32 Å². The molecule has 2 rings (SSSR count). The Kier molecular flexibility index (Phi) is 4.83. The van der Waals surface area contributed by atoms with Gasteiger partial charge in [0.1, 0.15) is 5.60 Å². The third-order valence-electron chi connectivity index (χ3n) is 3.45. The van der Waals surface area contributed by atoms with Gasteiger partial charge < -0.3 is 10.4 Å². The normalized spacial score (nSPS) is 18.3. The zero-order valence-electron chi connectivity index (χ0n) is 11.2. The molecular formula is C14H16F3NO2S. The zero-order chi connectivity index (χ0) is 15.5. The Balaban J connectivity index is 1.98. The highest BCUT2D eigenvalue weighted by atomic mass is 32.2. The molecule has 1 heterocycles. The quantitative estimate of drug-likeness (QED) is 0.900. The number of aliphatic hydroxyl groups is 1. The monoisotopic (exact) mass is 319 g/mol. The Morgan fingerprint density at radius 1 is 1.33 bits per heavy atom. The summed E-state index contributed by atoms with van der Waals surface area (Å²) in [6.07, 6.45) is -3.67. The summed E-state index contributed by atoms with van der Waals surface area (Å²) in [4.78, 5) is 12.0. The topological polar surface area (TPSA) is 49.3 Å². The van der Waals surface area contributed by atoms with Gasteiger partial charge in [-0.2, -0.15) is 24.9 Å². The van der Waals surface area contributed by atoms with E-state index in [-0.39, 0.29) is 6.54 Å². The van der Waals surface area contributed by atoms with E-state index in [0.29, 0.717) is 29.9 Å². The highest BCUT2D eigenvalue weighted by Crippen LogP contribution is 2.30. The number of hydrogen-bond acceptors (Lipinski definition) is 3. The minimum atomic E-state index is -4.40. The second-order valence-corrected chi connectivity index (χ2v) is 6.25. The lowest BCUT2D eigenvalue weighted by Crippen LogP contribution is -2.48. The third kappa shape index (κ3) is 4.14. The molecule has 1 aromatic rings. The van der Waals surface area contributed by atoms with Gasteiger partial charge >= 0.3 is 6.18 Å². The number of carbonyl (C=O) groups is 1. The molecule has 0 saturated carbocycles. The van der Waals surface area contributed by atoms with Crippen molar-refractivity contribution < 1.29 is 23.1 Å². The molecule has 0 radical (unpaired) electrons. The lowest BCUT2D eigenvalue weighted by molar-refractivity contribution is -0.140. The standard InChI is InChI=1S/C14H16F3NO2S/c15-14(16,17)11-3-1-2-10(8-11)9-18-12(19)13(20)4-6-21-7-5-13/h1-3,8,20H,4-7,9H2,(H,18,19). The molecule has 0 spiro atoms. The van der Waals surface area contributed by atoms with E-state index in [1.54, 1.807) is 11.8 Å². The summed E-state index contributed by atoms with van der Waals surface area (Å²) in [5.74, 6) is 0.890. The minimum Gasteiger partial charge on any atom is -0.380 e. The summed E-state index contributed by atoms with van der Waals surface area (Å²) in [5, 5.41) is 12.7. The summed E-state index contributed by atoms with van der Waals surface area (Å²) in [5.41, 5.74) is -1.79. The van der Waals surface area contributed by atoms with Crippen LogP contribution in [0.15, 0.2) is 24.3 Å². The number of carbonyl (C=O) groups excluding carboxylic acids is 1. The van der Waals surface area contributed by atoms with Crippen LogP contribution in [0.1, 0.15) is 24.0 Å². The molecular weight excluding hydrogens is 303 g/mol. The summed E-state index contributed by atoms with van der Waals surface area (Å²) in [6.45, 7) is -0.0296. The molecule has 1 fully saturated rings. The SMILES string of the molecule is O=C(NCc1cccc(C(F)(F)F)c1)C1(O)CCSCC1. The molecule has 116 valence electrons. The Morgan fingerprint density at radius 3 is 2.62 bits per heavy atom. The van der Waals surface area contributed by atoms with E-state index in [1.165, 1.54) is 12.1 Å². The summed E-state index contributed by atoms with van der Waals surface area (Å²) < 4.78 is 37.8. The van der Waals surface area contributed by atoms with Gasteiger partial charge in [0, 0.05) is 6.54 Å². The number of amides is 1. The number of halogens is 3. The predicted molar refractivity (Wildman–Crippen MR) is 74.8 cm³/mol. The molecule has 0 bridgehead atoms. The second-order valence-electron chi connectivity index (χ2n) is 5.02. The Hall–Kier alpha value is -1.21. The fraction of sp³-hybridized carbons (Fsp3) is 0.500. The van der Waals surface area contributed by atoms with Gasteiger partial charge in [0.2, 0.25) is 0 Å². The fourth-order valence-electron chi connectivity index (χ4n) is 2.14. The molecule has 0 aliphatic carbocycles. The van der Waals surface area contributed by atoms with Gasteiger partial charge in [0.15, 0.2) is 0 Å². The molecule has 1 aliphatic heterocycles. The molecule has 1 saturated heterocycles. The van der Waals surface area contributed by atoms with Crippen molar-refractivity contribution in [2.24, 2.45) is 0 Å². The number of thioether (sulfide) groups is 1. The lowest BCUT2D eigenvalue weighted by Gasteiger charge is -2.30. The van der Waals surface area contributed by atoms with Crippen LogP contribution >= 0.6 is 11.8 Å². The molecule has 2 N–H and O–H groups in total. The van der Waals surface area contributed by atoms with Gasteiger partial charge in [-0.05, 0) is 42.0 Å². The van der Waals surface area contributed by atoms with Crippen molar-refractivity contribution in [2.75, 3.05) is 11.5 Å². The van der Waals surface area contributed by atoms with Crippen molar-refractivity contribution in [1.29, 1.82) is 0 Å². The number of alkyl halides is 3. The zero-order valence-corrected chi connectivity index (χ0v) is 12.1. The Labute approximate surface area is 124 Å². The maximum Gasteiger partial charge on any atom is 0.416 e. The molecule has 0 unspecified atom stereocenters. The van der Waals surface area contributed by atoms with Crippen molar-refractivity contribution in [1.82, 2.24) is 5.32 Å². The van der Waals surface area contributed by atoms with Crippen LogP contribution in [0.2, 0.25) is 0 Å². The van der Waals surface area contributed by atoms with Crippen LogP contribution in [0.3, 0.4) is 0 Å². The maximum atomic E-state index is 12.6. The molecule has 1 amide bonds. The van der Waals surface area contributed by atoms with E-state index in [2.05, 4.69) is 5.32 Å². The van der Waals surface area contributed by atoms with Gasteiger partial charge in [-0.15, -0.1) is 0 Å². The van der Waals surface area contributed by atoms with E-state index in [4.69, 9.17) is 0 Å². The smallest absolute Gasteiger partial charge is 0.380 e. The first-order chi connectivity index (χ1) is 9.81. The molecule has 21 heavy (non-hydrogen) atoms. The van der Waals surface area contributed by atoms with Crippen LogP contribution in [-0.4, -0.2) is 28.1 Å². The van der Waals surface area contributed by atoms with Crippen LogP contribution in [-0.2, 0) is 17.5 Å². The molecule has 7 heteroatoms. The van der Waals surface area contributed by atoms with E-state index in [9.17, 15) is 23.1 Å².